The second-order valence-corrected chi connectivity index (χ2v) is 5.58. The molecular weight excluding hydrogens is 248 g/mol. The molecule has 2 atom stereocenters. The van der Waals surface area contributed by atoms with Crippen molar-refractivity contribution in [2.24, 2.45) is 11.7 Å². The van der Waals surface area contributed by atoms with Gasteiger partial charge in [-0.15, -0.1) is 0 Å². The number of hydrogen-bond donors (Lipinski definition) is 2. The summed E-state index contributed by atoms with van der Waals surface area (Å²) in [6.45, 7) is 4.50. The molecular formula is C17H22N2O. The molecule has 0 aliphatic heterocycles. The zero-order chi connectivity index (χ0) is 14.5. The topological polar surface area (TPSA) is 55.1 Å². The van der Waals surface area contributed by atoms with Crippen LogP contribution < -0.4 is 11.1 Å². The molecule has 106 valence electrons. The van der Waals surface area contributed by atoms with Gasteiger partial charge in [-0.25, -0.2) is 0 Å². The van der Waals surface area contributed by atoms with Crippen LogP contribution in [-0.2, 0) is 0 Å². The second kappa shape index (κ2) is 6.58. The van der Waals surface area contributed by atoms with Crippen molar-refractivity contribution >= 4 is 5.91 Å². The maximum absolute atomic E-state index is 12.3. The Kier molecular flexibility index (Phi) is 4.81. The van der Waals surface area contributed by atoms with Gasteiger partial charge in [0.25, 0.3) is 5.91 Å². The third-order valence-corrected chi connectivity index (χ3v) is 3.85. The number of aryl methyl sites for hydroxylation is 1. The van der Waals surface area contributed by atoms with Crippen molar-refractivity contribution in [3.05, 3.63) is 34.9 Å². The van der Waals surface area contributed by atoms with E-state index in [1.54, 1.807) is 0 Å². The normalized spacial score (nSPS) is 21.1. The molecule has 0 radical (unpaired) electrons. The standard InChI is InChI=1S/C17H22N2O/c1-12-9-14(6-4-8-18)11-15(10-12)17(20)19-16-7-3-5-13(16)2/h9-11,13,16H,3,5,7-8,18H2,1-2H3,(H,19,20). The molecule has 1 amide bonds. The smallest absolute Gasteiger partial charge is 0.251 e. The minimum Gasteiger partial charge on any atom is -0.349 e. The summed E-state index contributed by atoms with van der Waals surface area (Å²) in [5, 5.41) is 3.14. The summed E-state index contributed by atoms with van der Waals surface area (Å²) in [6, 6.07) is 6.02. The Labute approximate surface area is 120 Å². The number of benzene rings is 1. The van der Waals surface area contributed by atoms with Gasteiger partial charge < -0.3 is 11.1 Å². The molecule has 3 heteroatoms. The minimum absolute atomic E-state index is 0.00301. The first-order chi connectivity index (χ1) is 9.60. The highest BCUT2D eigenvalue weighted by Crippen LogP contribution is 2.25. The van der Waals surface area contributed by atoms with E-state index in [0.717, 1.165) is 17.5 Å². The monoisotopic (exact) mass is 270 g/mol. The van der Waals surface area contributed by atoms with Crippen LogP contribution in [-0.4, -0.2) is 18.5 Å². The van der Waals surface area contributed by atoms with E-state index < -0.39 is 0 Å². The summed E-state index contributed by atoms with van der Waals surface area (Å²) >= 11 is 0. The summed E-state index contributed by atoms with van der Waals surface area (Å²) in [6.07, 6.45) is 3.48. The number of hydrogen-bond acceptors (Lipinski definition) is 2. The third kappa shape index (κ3) is 3.61. The van der Waals surface area contributed by atoms with Crippen molar-refractivity contribution in [2.45, 2.75) is 39.2 Å². The first-order valence-corrected chi connectivity index (χ1v) is 7.21. The van der Waals surface area contributed by atoms with Gasteiger partial charge >= 0.3 is 0 Å². The molecule has 0 saturated heterocycles. The minimum atomic E-state index is 0.00301. The van der Waals surface area contributed by atoms with Crippen LogP contribution >= 0.6 is 0 Å². The average molecular weight is 270 g/mol. The molecule has 3 N–H and O–H groups in total. The Hall–Kier alpha value is -1.79. The zero-order valence-electron chi connectivity index (χ0n) is 12.2. The highest BCUT2D eigenvalue weighted by molar-refractivity contribution is 5.95. The van der Waals surface area contributed by atoms with Crippen molar-refractivity contribution in [3.63, 3.8) is 0 Å². The SMILES string of the molecule is Cc1cc(C#CCN)cc(C(=O)NC2CCCC2C)c1. The Bertz CT molecular complexity index is 554. The number of nitrogens with one attached hydrogen (secondary N) is 1. The van der Waals surface area contributed by atoms with Crippen molar-refractivity contribution in [2.75, 3.05) is 6.54 Å². The van der Waals surface area contributed by atoms with Crippen LogP contribution in [0, 0.1) is 24.7 Å². The van der Waals surface area contributed by atoms with Crippen molar-refractivity contribution in [1.29, 1.82) is 0 Å². The van der Waals surface area contributed by atoms with Gasteiger partial charge in [-0.2, -0.15) is 0 Å². The summed E-state index contributed by atoms with van der Waals surface area (Å²) in [5.74, 6) is 6.38. The van der Waals surface area contributed by atoms with Crippen LogP contribution in [0.25, 0.3) is 0 Å². The predicted molar refractivity (Wildman–Crippen MR) is 81.4 cm³/mol. The number of nitrogens with two attached hydrogens (primary N) is 1. The van der Waals surface area contributed by atoms with Gasteiger partial charge in [-0.1, -0.05) is 25.2 Å². The van der Waals surface area contributed by atoms with Crippen molar-refractivity contribution in [1.82, 2.24) is 5.32 Å². The molecule has 1 aromatic rings. The number of amides is 1. The first-order valence-electron chi connectivity index (χ1n) is 7.21. The Morgan fingerprint density at radius 1 is 1.40 bits per heavy atom. The second-order valence-electron chi connectivity index (χ2n) is 5.58. The van der Waals surface area contributed by atoms with E-state index in [9.17, 15) is 4.79 Å². The van der Waals surface area contributed by atoms with E-state index in [1.165, 1.54) is 12.8 Å². The highest BCUT2D eigenvalue weighted by Gasteiger charge is 2.25. The zero-order valence-corrected chi connectivity index (χ0v) is 12.2. The Balaban J connectivity index is 2.14. The molecule has 1 aliphatic carbocycles. The molecule has 20 heavy (non-hydrogen) atoms. The molecule has 0 heterocycles. The summed E-state index contributed by atoms with van der Waals surface area (Å²) in [5.41, 5.74) is 7.96. The van der Waals surface area contributed by atoms with E-state index in [-0.39, 0.29) is 5.91 Å². The van der Waals surface area contributed by atoms with E-state index in [0.29, 0.717) is 24.1 Å². The molecule has 1 saturated carbocycles. The maximum atomic E-state index is 12.3. The van der Waals surface area contributed by atoms with Crippen molar-refractivity contribution in [3.8, 4) is 11.8 Å². The molecule has 0 bridgehead atoms. The van der Waals surface area contributed by atoms with Crippen molar-refractivity contribution < 1.29 is 4.79 Å². The van der Waals surface area contributed by atoms with Crippen LogP contribution in [0.2, 0.25) is 0 Å². The fraction of sp³-hybridized carbons (Fsp3) is 0.471. The third-order valence-electron chi connectivity index (χ3n) is 3.85. The van der Waals surface area contributed by atoms with E-state index in [4.69, 9.17) is 5.73 Å². The molecule has 2 unspecified atom stereocenters. The molecule has 2 rings (SSSR count). The first kappa shape index (κ1) is 14.6. The lowest BCUT2D eigenvalue weighted by molar-refractivity contribution is 0.0929. The lowest BCUT2D eigenvalue weighted by Crippen LogP contribution is -2.36. The molecule has 3 nitrogen and oxygen atoms in total. The maximum Gasteiger partial charge on any atom is 0.251 e. The van der Waals surface area contributed by atoms with Gasteiger partial charge in [0.05, 0.1) is 6.54 Å². The predicted octanol–water partition coefficient (Wildman–Crippen LogP) is 2.22. The summed E-state index contributed by atoms with van der Waals surface area (Å²) in [7, 11) is 0. The van der Waals surface area contributed by atoms with E-state index in [1.807, 2.05) is 25.1 Å². The number of rotatable bonds is 2. The van der Waals surface area contributed by atoms with Crippen LogP contribution in [0.4, 0.5) is 0 Å². The van der Waals surface area contributed by atoms with Gasteiger partial charge in [0.1, 0.15) is 0 Å². The number of carbonyl (C=O) groups is 1. The van der Waals surface area contributed by atoms with E-state index >= 15 is 0 Å². The summed E-state index contributed by atoms with van der Waals surface area (Å²) in [4.78, 5) is 12.3. The van der Waals surface area contributed by atoms with Crippen LogP contribution in [0.3, 0.4) is 0 Å². The lowest BCUT2D eigenvalue weighted by Gasteiger charge is -2.17. The average Bonchev–Trinajstić information content (AvgIpc) is 2.81. The van der Waals surface area contributed by atoms with Crippen LogP contribution in [0.15, 0.2) is 18.2 Å². The Morgan fingerprint density at radius 2 is 2.20 bits per heavy atom. The molecule has 0 spiro atoms. The number of carbonyl (C=O) groups excluding carboxylic acids is 1. The van der Waals surface area contributed by atoms with Gasteiger partial charge in [0.15, 0.2) is 0 Å². The quantitative estimate of drug-likeness (QED) is 0.810. The van der Waals surface area contributed by atoms with Crippen LogP contribution in [0.1, 0.15) is 47.7 Å². The fourth-order valence-electron chi connectivity index (χ4n) is 2.75. The molecule has 0 aromatic heterocycles. The van der Waals surface area contributed by atoms with Gasteiger partial charge in [-0.3, -0.25) is 4.79 Å². The van der Waals surface area contributed by atoms with Gasteiger partial charge in [-0.05, 0) is 49.4 Å². The lowest BCUT2D eigenvalue weighted by atomic mass is 10.0. The molecule has 1 aliphatic rings. The highest BCUT2D eigenvalue weighted by atomic mass is 16.1. The Morgan fingerprint density at radius 3 is 2.85 bits per heavy atom. The van der Waals surface area contributed by atoms with Gasteiger partial charge in [0, 0.05) is 17.2 Å². The fourth-order valence-corrected chi connectivity index (χ4v) is 2.75. The molecule has 1 fully saturated rings. The largest absolute Gasteiger partial charge is 0.349 e. The van der Waals surface area contributed by atoms with Crippen LogP contribution in [0.5, 0.6) is 0 Å². The summed E-state index contributed by atoms with van der Waals surface area (Å²) < 4.78 is 0. The van der Waals surface area contributed by atoms with Gasteiger partial charge in [0.2, 0.25) is 0 Å². The van der Waals surface area contributed by atoms with E-state index in [2.05, 4.69) is 24.1 Å². The molecule has 1 aromatic carbocycles.